The van der Waals surface area contributed by atoms with Crippen LogP contribution in [0.15, 0.2) is 18.2 Å². The van der Waals surface area contributed by atoms with E-state index in [-0.39, 0.29) is 5.91 Å². The molecule has 0 atom stereocenters. The number of thiophene rings is 1. The summed E-state index contributed by atoms with van der Waals surface area (Å²) in [6.07, 6.45) is 7.97. The molecule has 0 aromatic carbocycles. The van der Waals surface area contributed by atoms with Crippen molar-refractivity contribution < 1.29 is 4.79 Å². The van der Waals surface area contributed by atoms with Crippen LogP contribution in [-0.2, 0) is 12.8 Å². The van der Waals surface area contributed by atoms with Gasteiger partial charge < -0.3 is 0 Å². The summed E-state index contributed by atoms with van der Waals surface area (Å²) in [4.78, 5) is 14.1. The van der Waals surface area contributed by atoms with Crippen molar-refractivity contribution in [2.24, 2.45) is 5.41 Å². The predicted molar refractivity (Wildman–Crippen MR) is 105 cm³/mol. The fourth-order valence-corrected chi connectivity index (χ4v) is 4.53. The van der Waals surface area contributed by atoms with Crippen LogP contribution in [0.4, 0.5) is 0 Å². The minimum atomic E-state index is -0.434. The first-order chi connectivity index (χ1) is 11.8. The van der Waals surface area contributed by atoms with E-state index >= 15 is 0 Å². The van der Waals surface area contributed by atoms with Crippen LogP contribution in [0.25, 0.3) is 0 Å². The zero-order valence-electron chi connectivity index (χ0n) is 15.3. The van der Waals surface area contributed by atoms with Gasteiger partial charge in [-0.15, -0.1) is 11.3 Å². The molecule has 2 aromatic heterocycles. The zero-order chi connectivity index (χ0) is 18.0. The summed E-state index contributed by atoms with van der Waals surface area (Å²) in [7, 11) is 0. The van der Waals surface area contributed by atoms with Crippen molar-refractivity contribution in [2.45, 2.75) is 71.6 Å². The predicted octanol–water partition coefficient (Wildman–Crippen LogP) is 6.12. The minimum Gasteiger partial charge on any atom is -0.272 e. The molecule has 0 radical (unpaired) electrons. The number of aryl methyl sites for hydroxylation is 2. The highest BCUT2D eigenvalue weighted by Crippen LogP contribution is 2.33. The molecule has 3 rings (SSSR count). The van der Waals surface area contributed by atoms with Gasteiger partial charge in [0.15, 0.2) is 0 Å². The van der Waals surface area contributed by atoms with Crippen molar-refractivity contribution in [1.29, 1.82) is 0 Å². The summed E-state index contributed by atoms with van der Waals surface area (Å²) in [5.41, 5.74) is 1.71. The Labute approximate surface area is 159 Å². The van der Waals surface area contributed by atoms with Crippen molar-refractivity contribution in [2.75, 3.05) is 0 Å². The summed E-state index contributed by atoms with van der Waals surface area (Å²) < 4.78 is 2.50. The van der Waals surface area contributed by atoms with Crippen molar-refractivity contribution >= 4 is 28.8 Å². The van der Waals surface area contributed by atoms with Gasteiger partial charge in [0.25, 0.3) is 5.91 Å². The third kappa shape index (κ3) is 4.53. The fourth-order valence-electron chi connectivity index (χ4n) is 3.45. The molecular weight excluding hydrogens is 352 g/mol. The molecule has 0 N–H and O–H groups in total. The molecule has 0 amide bonds. The van der Waals surface area contributed by atoms with Gasteiger partial charge >= 0.3 is 0 Å². The number of hydrogen-bond acceptors (Lipinski definition) is 3. The van der Waals surface area contributed by atoms with E-state index in [4.69, 9.17) is 16.7 Å². The van der Waals surface area contributed by atoms with E-state index in [0.29, 0.717) is 5.92 Å². The number of halogens is 1. The lowest BCUT2D eigenvalue weighted by molar-refractivity contribution is 0.0743. The normalized spacial score (nSPS) is 16.3. The Hall–Kier alpha value is -1.13. The van der Waals surface area contributed by atoms with Gasteiger partial charge in [0, 0.05) is 21.9 Å². The topological polar surface area (TPSA) is 34.9 Å². The zero-order valence-corrected chi connectivity index (χ0v) is 16.9. The first kappa shape index (κ1) is 18.7. The monoisotopic (exact) mass is 378 g/mol. The lowest BCUT2D eigenvalue weighted by atomic mass is 9.87. The van der Waals surface area contributed by atoms with Gasteiger partial charge in [-0.25, -0.2) is 4.68 Å². The Bertz CT molecular complexity index is 735. The van der Waals surface area contributed by atoms with Gasteiger partial charge in [0.2, 0.25) is 0 Å². The lowest BCUT2D eigenvalue weighted by Gasteiger charge is -2.20. The Morgan fingerprint density at radius 3 is 2.56 bits per heavy atom. The molecule has 0 bridgehead atoms. The van der Waals surface area contributed by atoms with Crippen molar-refractivity contribution in [3.63, 3.8) is 0 Å². The molecule has 0 aliphatic heterocycles. The van der Waals surface area contributed by atoms with Crippen molar-refractivity contribution in [1.82, 2.24) is 9.78 Å². The van der Waals surface area contributed by atoms with Gasteiger partial charge in [-0.3, -0.25) is 4.79 Å². The molecule has 0 unspecified atom stereocenters. The summed E-state index contributed by atoms with van der Waals surface area (Å²) in [6.45, 7) is 5.88. The maximum atomic E-state index is 12.9. The molecule has 1 fully saturated rings. The first-order valence-corrected chi connectivity index (χ1v) is 10.4. The third-order valence-electron chi connectivity index (χ3n) is 4.92. The molecule has 0 spiro atoms. The highest BCUT2D eigenvalue weighted by molar-refractivity contribution is 7.16. The minimum absolute atomic E-state index is 0.0776. The van der Waals surface area contributed by atoms with Gasteiger partial charge in [-0.05, 0) is 43.9 Å². The third-order valence-corrected chi connectivity index (χ3v) is 6.21. The Morgan fingerprint density at radius 2 is 1.96 bits per heavy atom. The van der Waals surface area contributed by atoms with E-state index in [9.17, 15) is 4.79 Å². The van der Waals surface area contributed by atoms with E-state index in [1.54, 1.807) is 16.0 Å². The second-order valence-electron chi connectivity index (χ2n) is 8.07. The van der Waals surface area contributed by atoms with E-state index < -0.39 is 5.41 Å². The molecule has 2 aromatic rings. The number of hydrogen-bond donors (Lipinski definition) is 0. The van der Waals surface area contributed by atoms with Crippen LogP contribution in [0.2, 0.25) is 4.34 Å². The fraction of sp³-hybridized carbons (Fsp3) is 0.600. The number of carbonyl (C=O) groups excluding carboxylic acids is 1. The largest absolute Gasteiger partial charge is 0.272 e. The smallest absolute Gasteiger partial charge is 0.252 e. The maximum absolute atomic E-state index is 12.9. The van der Waals surface area contributed by atoms with Crippen molar-refractivity contribution in [3.05, 3.63) is 38.8 Å². The molecule has 1 aliphatic rings. The SMILES string of the molecule is CC(C)(C)C(=O)n1nc(C2CCCCC2)cc1CCc1ccc(Cl)s1. The average Bonchev–Trinajstić information content (AvgIpc) is 3.18. The molecule has 2 heterocycles. The second-order valence-corrected chi connectivity index (χ2v) is 9.87. The Balaban J connectivity index is 1.85. The molecular formula is C20H27ClN2OS. The van der Waals surface area contributed by atoms with Crippen LogP contribution in [0, 0.1) is 5.41 Å². The van der Waals surface area contributed by atoms with Gasteiger partial charge in [0.1, 0.15) is 0 Å². The van der Waals surface area contributed by atoms with E-state index in [1.807, 2.05) is 26.8 Å². The average molecular weight is 379 g/mol. The van der Waals surface area contributed by atoms with Crippen LogP contribution in [0.3, 0.4) is 0 Å². The molecule has 3 nitrogen and oxygen atoms in total. The molecule has 0 saturated heterocycles. The number of rotatable bonds is 4. The molecule has 5 heteroatoms. The van der Waals surface area contributed by atoms with Crippen LogP contribution < -0.4 is 0 Å². The molecule has 136 valence electrons. The number of carbonyl (C=O) groups is 1. The quantitative estimate of drug-likeness (QED) is 0.642. The molecule has 25 heavy (non-hydrogen) atoms. The van der Waals surface area contributed by atoms with Crippen LogP contribution in [-0.4, -0.2) is 15.7 Å². The summed E-state index contributed by atoms with van der Waals surface area (Å²) in [5, 5.41) is 4.76. The van der Waals surface area contributed by atoms with Gasteiger partial charge in [0.05, 0.1) is 10.0 Å². The van der Waals surface area contributed by atoms with E-state index in [1.165, 1.54) is 37.0 Å². The molecule has 1 saturated carbocycles. The lowest BCUT2D eigenvalue weighted by Crippen LogP contribution is -2.29. The van der Waals surface area contributed by atoms with Crippen LogP contribution in [0.1, 0.15) is 79.9 Å². The van der Waals surface area contributed by atoms with E-state index in [0.717, 1.165) is 28.6 Å². The van der Waals surface area contributed by atoms with Gasteiger partial charge in [-0.1, -0.05) is 51.6 Å². The number of nitrogens with zero attached hydrogens (tertiary/aromatic N) is 2. The van der Waals surface area contributed by atoms with Gasteiger partial charge in [-0.2, -0.15) is 5.10 Å². The summed E-state index contributed by atoms with van der Waals surface area (Å²) >= 11 is 7.65. The summed E-state index contributed by atoms with van der Waals surface area (Å²) in [6, 6.07) is 6.18. The summed E-state index contributed by atoms with van der Waals surface area (Å²) in [5.74, 6) is 0.589. The highest BCUT2D eigenvalue weighted by atomic mass is 35.5. The Morgan fingerprint density at radius 1 is 1.24 bits per heavy atom. The number of aromatic nitrogens is 2. The van der Waals surface area contributed by atoms with Crippen LogP contribution in [0.5, 0.6) is 0 Å². The first-order valence-electron chi connectivity index (χ1n) is 9.22. The Kier molecular flexibility index (Phi) is 5.69. The van der Waals surface area contributed by atoms with Crippen LogP contribution >= 0.6 is 22.9 Å². The maximum Gasteiger partial charge on any atom is 0.252 e. The molecule has 1 aliphatic carbocycles. The second kappa shape index (κ2) is 7.63. The van der Waals surface area contributed by atoms with Crippen molar-refractivity contribution in [3.8, 4) is 0 Å². The van der Waals surface area contributed by atoms with E-state index in [2.05, 4.69) is 12.1 Å². The highest BCUT2D eigenvalue weighted by Gasteiger charge is 2.28. The standard InChI is InChI=1S/C20H27ClN2OS/c1-20(2,3)19(24)23-15(9-10-16-11-12-18(21)25-16)13-17(22-23)14-7-5-4-6-8-14/h11-14H,4-10H2,1-3H3.